The summed E-state index contributed by atoms with van der Waals surface area (Å²) < 4.78 is 5.00. The number of aromatic amines is 1. The number of aromatic nitrogens is 3. The lowest BCUT2D eigenvalue weighted by atomic mass is 10.1. The fraction of sp³-hybridized carbons (Fsp3) is 0.412. The van der Waals surface area contributed by atoms with Crippen molar-refractivity contribution in [1.82, 2.24) is 20.1 Å². The van der Waals surface area contributed by atoms with Crippen molar-refractivity contribution in [1.29, 1.82) is 0 Å². The van der Waals surface area contributed by atoms with E-state index in [2.05, 4.69) is 15.2 Å². The van der Waals surface area contributed by atoms with Gasteiger partial charge in [-0.2, -0.15) is 0 Å². The van der Waals surface area contributed by atoms with Gasteiger partial charge >= 0.3 is 6.09 Å². The predicted octanol–water partition coefficient (Wildman–Crippen LogP) is 1.03. The van der Waals surface area contributed by atoms with Gasteiger partial charge in [0.2, 0.25) is 5.95 Å². The van der Waals surface area contributed by atoms with Crippen molar-refractivity contribution >= 4 is 12.0 Å². The highest BCUT2D eigenvalue weighted by Crippen LogP contribution is 2.10. The number of H-pyrrole nitrogens is 1. The number of ether oxygens (including phenoxy) is 1. The molecular weight excluding hydrogens is 322 g/mol. The molecule has 1 aliphatic heterocycles. The number of benzene rings is 1. The van der Waals surface area contributed by atoms with E-state index in [4.69, 9.17) is 4.74 Å². The molecule has 1 N–H and O–H groups in total. The Morgan fingerprint density at radius 3 is 2.52 bits per heavy atom. The molecule has 1 amide bonds. The van der Waals surface area contributed by atoms with Gasteiger partial charge in [0.25, 0.3) is 5.56 Å². The summed E-state index contributed by atoms with van der Waals surface area (Å²) >= 11 is 0. The highest BCUT2D eigenvalue weighted by atomic mass is 16.6. The second-order valence-corrected chi connectivity index (χ2v) is 5.76. The average Bonchev–Trinajstić information content (AvgIpc) is 2.64. The van der Waals surface area contributed by atoms with Gasteiger partial charge in [0.15, 0.2) is 0 Å². The molecular formula is C17H21N5O3. The highest BCUT2D eigenvalue weighted by molar-refractivity contribution is 5.68. The number of amides is 1. The minimum absolute atomic E-state index is 0.235. The molecule has 0 bridgehead atoms. The molecule has 0 radical (unpaired) electrons. The summed E-state index contributed by atoms with van der Waals surface area (Å²) in [5.41, 5.74) is 1.17. The molecule has 1 fully saturated rings. The van der Waals surface area contributed by atoms with Gasteiger partial charge in [0.1, 0.15) is 5.69 Å². The van der Waals surface area contributed by atoms with Crippen LogP contribution in [0.3, 0.4) is 0 Å². The van der Waals surface area contributed by atoms with Crippen molar-refractivity contribution in [3.8, 4) is 0 Å². The lowest BCUT2D eigenvalue weighted by Gasteiger charge is -2.33. The van der Waals surface area contributed by atoms with E-state index in [0.717, 1.165) is 5.56 Å². The fourth-order valence-corrected chi connectivity index (χ4v) is 2.71. The number of carbonyl (C=O) groups is 1. The number of nitrogens with one attached hydrogen (secondary N) is 1. The molecule has 2 aromatic rings. The molecule has 1 saturated heterocycles. The van der Waals surface area contributed by atoms with Gasteiger partial charge in [0.05, 0.1) is 6.61 Å². The predicted molar refractivity (Wildman–Crippen MR) is 92.7 cm³/mol. The number of anilines is 1. The Kier molecular flexibility index (Phi) is 5.27. The van der Waals surface area contributed by atoms with Gasteiger partial charge in [-0.15, -0.1) is 10.2 Å². The Morgan fingerprint density at radius 1 is 1.16 bits per heavy atom. The van der Waals surface area contributed by atoms with Crippen LogP contribution >= 0.6 is 0 Å². The van der Waals surface area contributed by atoms with Crippen LogP contribution in [0, 0.1) is 0 Å². The molecule has 2 heterocycles. The molecule has 8 nitrogen and oxygen atoms in total. The molecule has 8 heteroatoms. The average molecular weight is 343 g/mol. The maximum Gasteiger partial charge on any atom is 0.409 e. The first kappa shape index (κ1) is 16.9. The highest BCUT2D eigenvalue weighted by Gasteiger charge is 2.23. The van der Waals surface area contributed by atoms with Crippen LogP contribution in [-0.4, -0.2) is 59.0 Å². The van der Waals surface area contributed by atoms with E-state index in [1.54, 1.807) is 11.8 Å². The first-order chi connectivity index (χ1) is 12.2. The minimum Gasteiger partial charge on any atom is -0.450 e. The van der Waals surface area contributed by atoms with Crippen molar-refractivity contribution in [2.45, 2.75) is 13.3 Å². The molecule has 0 atom stereocenters. The van der Waals surface area contributed by atoms with E-state index in [0.29, 0.717) is 50.8 Å². The zero-order valence-corrected chi connectivity index (χ0v) is 14.1. The smallest absolute Gasteiger partial charge is 0.409 e. The Morgan fingerprint density at radius 2 is 1.88 bits per heavy atom. The van der Waals surface area contributed by atoms with Crippen LogP contribution in [0.15, 0.2) is 35.1 Å². The van der Waals surface area contributed by atoms with Crippen molar-refractivity contribution in [2.75, 3.05) is 37.7 Å². The summed E-state index contributed by atoms with van der Waals surface area (Å²) in [6, 6.07) is 9.68. The minimum atomic E-state index is -0.306. The molecule has 3 rings (SSSR count). The summed E-state index contributed by atoms with van der Waals surface area (Å²) in [5, 5.41) is 8.24. The molecule has 0 unspecified atom stereocenters. The van der Waals surface area contributed by atoms with Gasteiger partial charge in [-0.1, -0.05) is 30.3 Å². The normalized spacial score (nSPS) is 14.4. The van der Waals surface area contributed by atoms with Crippen molar-refractivity contribution in [2.24, 2.45) is 0 Å². The third-order valence-electron chi connectivity index (χ3n) is 4.07. The second kappa shape index (κ2) is 7.78. The van der Waals surface area contributed by atoms with E-state index in [9.17, 15) is 9.59 Å². The second-order valence-electron chi connectivity index (χ2n) is 5.76. The van der Waals surface area contributed by atoms with E-state index in [1.807, 2.05) is 35.2 Å². The lowest BCUT2D eigenvalue weighted by Crippen LogP contribution is -2.49. The standard InChI is InChI=1S/C17H21N5O3/c1-2-25-17(24)22-10-8-21(9-11-22)16-18-15(23)14(19-20-16)12-13-6-4-3-5-7-13/h3-7H,2,8-12H2,1H3,(H,18,20,23). The van der Waals surface area contributed by atoms with Gasteiger partial charge < -0.3 is 14.5 Å². The summed E-state index contributed by atoms with van der Waals surface area (Å²) in [6.45, 7) is 4.33. The van der Waals surface area contributed by atoms with E-state index in [1.165, 1.54) is 0 Å². The van der Waals surface area contributed by atoms with Crippen LogP contribution in [0.1, 0.15) is 18.2 Å². The molecule has 0 aliphatic carbocycles. The Balaban J connectivity index is 1.64. The number of nitrogens with zero attached hydrogens (tertiary/aromatic N) is 4. The third kappa shape index (κ3) is 4.14. The van der Waals surface area contributed by atoms with Gasteiger partial charge in [-0.05, 0) is 12.5 Å². The quantitative estimate of drug-likeness (QED) is 0.892. The topological polar surface area (TPSA) is 91.4 Å². The third-order valence-corrected chi connectivity index (χ3v) is 4.07. The van der Waals surface area contributed by atoms with Crippen LogP contribution in [0.2, 0.25) is 0 Å². The summed E-state index contributed by atoms with van der Waals surface area (Å²) in [5.74, 6) is 0.435. The van der Waals surface area contributed by atoms with Crippen LogP contribution in [0.5, 0.6) is 0 Å². The fourth-order valence-electron chi connectivity index (χ4n) is 2.71. The van der Waals surface area contributed by atoms with Crippen LogP contribution < -0.4 is 10.5 Å². The Hall–Kier alpha value is -2.90. The first-order valence-electron chi connectivity index (χ1n) is 8.34. The number of rotatable bonds is 4. The van der Waals surface area contributed by atoms with E-state index in [-0.39, 0.29) is 11.7 Å². The van der Waals surface area contributed by atoms with Crippen LogP contribution in [0.25, 0.3) is 0 Å². The number of hydrogen-bond donors (Lipinski definition) is 1. The SMILES string of the molecule is CCOC(=O)N1CCN(c2nnc(Cc3ccccc3)c(=O)[nH]2)CC1. The molecule has 1 aromatic carbocycles. The molecule has 1 aliphatic rings. The summed E-state index contributed by atoms with van der Waals surface area (Å²) in [6.07, 6.45) is 0.139. The van der Waals surface area contributed by atoms with Crippen molar-refractivity contribution in [3.05, 3.63) is 51.9 Å². The maximum absolute atomic E-state index is 12.3. The van der Waals surface area contributed by atoms with E-state index < -0.39 is 0 Å². The van der Waals surface area contributed by atoms with Crippen molar-refractivity contribution < 1.29 is 9.53 Å². The Labute approximate surface area is 145 Å². The largest absolute Gasteiger partial charge is 0.450 e. The molecule has 25 heavy (non-hydrogen) atoms. The van der Waals surface area contributed by atoms with Crippen molar-refractivity contribution in [3.63, 3.8) is 0 Å². The summed E-state index contributed by atoms with van der Waals surface area (Å²) in [7, 11) is 0. The number of hydrogen-bond acceptors (Lipinski definition) is 6. The summed E-state index contributed by atoms with van der Waals surface area (Å²) in [4.78, 5) is 30.3. The van der Waals surface area contributed by atoms with Gasteiger partial charge in [0, 0.05) is 32.6 Å². The van der Waals surface area contributed by atoms with E-state index >= 15 is 0 Å². The lowest BCUT2D eigenvalue weighted by molar-refractivity contribution is 0.105. The van der Waals surface area contributed by atoms with Crippen LogP contribution in [-0.2, 0) is 11.2 Å². The zero-order chi connectivity index (χ0) is 17.6. The van der Waals surface area contributed by atoms with Gasteiger partial charge in [-0.3, -0.25) is 9.78 Å². The molecule has 0 spiro atoms. The maximum atomic E-state index is 12.3. The number of piperazine rings is 1. The van der Waals surface area contributed by atoms with Crippen LogP contribution in [0.4, 0.5) is 10.7 Å². The molecule has 132 valence electrons. The van der Waals surface area contributed by atoms with Gasteiger partial charge in [-0.25, -0.2) is 4.79 Å². The molecule has 0 saturated carbocycles. The zero-order valence-electron chi connectivity index (χ0n) is 14.1. The molecule has 1 aromatic heterocycles. The first-order valence-corrected chi connectivity index (χ1v) is 8.34. The monoisotopic (exact) mass is 343 g/mol. The number of carbonyl (C=O) groups excluding carboxylic acids is 1. The Bertz CT molecular complexity index is 769.